The second kappa shape index (κ2) is 36.5. The van der Waals surface area contributed by atoms with Crippen molar-refractivity contribution in [2.45, 2.75) is 193 Å². The van der Waals surface area contributed by atoms with E-state index >= 15 is 0 Å². The molecule has 0 aliphatic carbocycles. The number of carbonyl (C=O) groups excluding carboxylic acids is 2. The molecule has 0 rings (SSSR count). The summed E-state index contributed by atoms with van der Waals surface area (Å²) in [5.41, 5.74) is 0. The number of hydrogen-bond acceptors (Lipinski definition) is 6. The summed E-state index contributed by atoms with van der Waals surface area (Å²) in [6, 6.07) is -0.616. The molecule has 0 aliphatic rings. The molecular formula is C45H82NO7+. The lowest BCUT2D eigenvalue weighted by atomic mass is 10.1. The number of likely N-dealkylation sites (N-methyl/N-ethyl adjacent to an activating group) is 1. The Hall–Kier alpha value is -2.45. The molecule has 0 bridgehead atoms. The summed E-state index contributed by atoms with van der Waals surface area (Å²) in [5.74, 6) is -1.49. The molecule has 0 saturated carbocycles. The molecule has 8 nitrogen and oxygen atoms in total. The number of quaternary nitrogens is 1. The van der Waals surface area contributed by atoms with Gasteiger partial charge in [-0.15, -0.1) is 0 Å². The van der Waals surface area contributed by atoms with Gasteiger partial charge in [0.2, 0.25) is 0 Å². The molecule has 0 fully saturated rings. The molecule has 0 amide bonds. The fourth-order valence-corrected chi connectivity index (χ4v) is 6.18. The zero-order valence-electron chi connectivity index (χ0n) is 35.0. The van der Waals surface area contributed by atoms with Crippen molar-refractivity contribution in [1.29, 1.82) is 0 Å². The SMILES string of the molecule is CC/C=C/C/C=C/CCCCCCCC(=O)OCC(COCCC(C(=O)O)[N+](C)(C)C)OC(=O)CCCCCCCCC/C=C/CCCCCCCC. The van der Waals surface area contributed by atoms with Crippen molar-refractivity contribution in [2.24, 2.45) is 0 Å². The summed E-state index contributed by atoms with van der Waals surface area (Å²) in [4.78, 5) is 36.9. The van der Waals surface area contributed by atoms with E-state index in [9.17, 15) is 19.5 Å². The Bertz CT molecular complexity index is 968. The minimum absolute atomic E-state index is 0.0556. The van der Waals surface area contributed by atoms with Gasteiger partial charge in [-0.2, -0.15) is 0 Å². The second-order valence-corrected chi connectivity index (χ2v) is 15.6. The minimum Gasteiger partial charge on any atom is -0.477 e. The number of rotatable bonds is 38. The van der Waals surface area contributed by atoms with Gasteiger partial charge in [0.25, 0.3) is 0 Å². The Kier molecular flexibility index (Phi) is 34.8. The van der Waals surface area contributed by atoms with Crippen LogP contribution in [0.3, 0.4) is 0 Å². The Labute approximate surface area is 325 Å². The summed E-state index contributed by atoms with van der Waals surface area (Å²) in [7, 11) is 5.52. The monoisotopic (exact) mass is 749 g/mol. The van der Waals surface area contributed by atoms with Crippen molar-refractivity contribution in [3.8, 4) is 0 Å². The largest absolute Gasteiger partial charge is 0.477 e. The molecule has 2 unspecified atom stereocenters. The van der Waals surface area contributed by atoms with Gasteiger partial charge < -0.3 is 23.8 Å². The van der Waals surface area contributed by atoms with Crippen LogP contribution in [0.5, 0.6) is 0 Å². The van der Waals surface area contributed by atoms with Gasteiger partial charge in [0.15, 0.2) is 12.1 Å². The topological polar surface area (TPSA) is 99.1 Å². The lowest BCUT2D eigenvalue weighted by Crippen LogP contribution is -2.50. The molecule has 53 heavy (non-hydrogen) atoms. The van der Waals surface area contributed by atoms with E-state index in [-0.39, 0.29) is 36.2 Å². The zero-order valence-corrected chi connectivity index (χ0v) is 35.0. The normalized spacial score (nSPS) is 13.3. The first-order valence-electron chi connectivity index (χ1n) is 21.5. The molecule has 2 atom stereocenters. The molecule has 0 spiro atoms. The van der Waals surface area contributed by atoms with Crippen molar-refractivity contribution >= 4 is 17.9 Å². The van der Waals surface area contributed by atoms with Gasteiger partial charge in [0.1, 0.15) is 6.61 Å². The maximum atomic E-state index is 12.7. The van der Waals surface area contributed by atoms with Crippen LogP contribution >= 0.6 is 0 Å². The van der Waals surface area contributed by atoms with Gasteiger partial charge in [-0.1, -0.05) is 134 Å². The van der Waals surface area contributed by atoms with E-state index in [1.807, 2.05) is 21.1 Å². The van der Waals surface area contributed by atoms with Gasteiger partial charge in [-0.05, 0) is 64.2 Å². The number of nitrogens with zero attached hydrogens (tertiary/aromatic N) is 1. The third kappa shape index (κ3) is 35.0. The number of esters is 2. The number of unbranched alkanes of at least 4 members (excludes halogenated alkanes) is 18. The molecule has 0 aromatic heterocycles. The van der Waals surface area contributed by atoms with Crippen LogP contribution in [0.15, 0.2) is 36.5 Å². The van der Waals surface area contributed by atoms with Gasteiger partial charge in [0.05, 0.1) is 34.4 Å². The molecule has 0 aliphatic heterocycles. The fourth-order valence-electron chi connectivity index (χ4n) is 6.18. The van der Waals surface area contributed by atoms with Crippen molar-refractivity contribution in [3.63, 3.8) is 0 Å². The molecule has 8 heteroatoms. The smallest absolute Gasteiger partial charge is 0.362 e. The Morgan fingerprint density at radius 2 is 1.06 bits per heavy atom. The highest BCUT2D eigenvalue weighted by atomic mass is 16.6. The van der Waals surface area contributed by atoms with Gasteiger partial charge in [0, 0.05) is 19.3 Å². The molecule has 0 radical (unpaired) electrons. The van der Waals surface area contributed by atoms with Crippen LogP contribution in [-0.4, -0.2) is 80.6 Å². The third-order valence-corrected chi connectivity index (χ3v) is 9.52. The first-order chi connectivity index (χ1) is 25.6. The van der Waals surface area contributed by atoms with Gasteiger partial charge in [-0.25, -0.2) is 4.79 Å². The Morgan fingerprint density at radius 3 is 1.57 bits per heavy atom. The highest BCUT2D eigenvalue weighted by molar-refractivity contribution is 5.72. The number of ether oxygens (including phenoxy) is 3. The van der Waals surface area contributed by atoms with Crippen LogP contribution in [0.2, 0.25) is 0 Å². The van der Waals surface area contributed by atoms with Crippen molar-refractivity contribution in [3.05, 3.63) is 36.5 Å². The lowest BCUT2D eigenvalue weighted by molar-refractivity contribution is -0.887. The summed E-state index contributed by atoms with van der Waals surface area (Å²) in [6.07, 6.45) is 40.4. The van der Waals surface area contributed by atoms with E-state index in [0.29, 0.717) is 19.3 Å². The maximum Gasteiger partial charge on any atom is 0.362 e. The quantitative estimate of drug-likeness (QED) is 0.0290. The highest BCUT2D eigenvalue weighted by Crippen LogP contribution is 2.14. The molecule has 0 aromatic carbocycles. The van der Waals surface area contributed by atoms with Crippen LogP contribution in [0.1, 0.15) is 181 Å². The van der Waals surface area contributed by atoms with Crippen molar-refractivity contribution in [2.75, 3.05) is 41.0 Å². The van der Waals surface area contributed by atoms with E-state index in [1.165, 1.54) is 77.0 Å². The highest BCUT2D eigenvalue weighted by Gasteiger charge is 2.31. The molecule has 1 N–H and O–H groups in total. The zero-order chi connectivity index (χ0) is 39.3. The second-order valence-electron chi connectivity index (χ2n) is 15.6. The number of carbonyl (C=O) groups is 3. The first kappa shape index (κ1) is 50.5. The summed E-state index contributed by atoms with van der Waals surface area (Å²) >= 11 is 0. The summed E-state index contributed by atoms with van der Waals surface area (Å²) < 4.78 is 17.2. The first-order valence-corrected chi connectivity index (χ1v) is 21.5. The summed E-state index contributed by atoms with van der Waals surface area (Å²) in [5, 5.41) is 9.60. The fraction of sp³-hybridized carbons (Fsp3) is 0.800. The predicted octanol–water partition coefficient (Wildman–Crippen LogP) is 11.5. The number of carboxylic acid groups (broad SMARTS) is 1. The minimum atomic E-state index is -0.878. The lowest BCUT2D eigenvalue weighted by Gasteiger charge is -2.31. The third-order valence-electron chi connectivity index (χ3n) is 9.52. The predicted molar refractivity (Wildman–Crippen MR) is 220 cm³/mol. The van der Waals surface area contributed by atoms with Crippen LogP contribution in [-0.2, 0) is 28.6 Å². The maximum absolute atomic E-state index is 12.7. The van der Waals surface area contributed by atoms with Gasteiger partial charge in [-0.3, -0.25) is 9.59 Å². The Morgan fingerprint density at radius 1 is 0.585 bits per heavy atom. The van der Waals surface area contributed by atoms with Crippen molar-refractivity contribution in [1.82, 2.24) is 0 Å². The summed E-state index contributed by atoms with van der Waals surface area (Å²) in [6.45, 7) is 4.60. The molecular weight excluding hydrogens is 666 g/mol. The van der Waals surface area contributed by atoms with Crippen LogP contribution in [0.4, 0.5) is 0 Å². The van der Waals surface area contributed by atoms with Crippen LogP contribution in [0, 0.1) is 0 Å². The van der Waals surface area contributed by atoms with E-state index in [4.69, 9.17) is 14.2 Å². The number of aliphatic carboxylic acids is 1. The van der Waals surface area contributed by atoms with Crippen LogP contribution < -0.4 is 0 Å². The molecule has 0 saturated heterocycles. The molecule has 0 aromatic rings. The van der Waals surface area contributed by atoms with Gasteiger partial charge >= 0.3 is 17.9 Å². The number of hydrogen-bond donors (Lipinski definition) is 1. The van der Waals surface area contributed by atoms with Crippen molar-refractivity contribution < 1.29 is 38.2 Å². The number of allylic oxidation sites excluding steroid dienone is 6. The standard InChI is InChI=1S/C45H81NO7/c1-6-8-10-12-14-16-18-20-21-22-23-24-26-28-30-32-34-36-44(48)53-41(39-51-38-37-42(45(49)50)46(3,4)5)40-52-43(47)35-33-31-29-27-25-19-17-15-13-11-9-7-2/h9,11,15,17,20-21,41-42H,6-8,10,12-14,16,18-19,22-40H2,1-5H3/p+1/b11-9+,17-15+,21-20+. The molecule has 308 valence electrons. The van der Waals surface area contributed by atoms with Crippen LogP contribution in [0.25, 0.3) is 0 Å². The van der Waals surface area contributed by atoms with E-state index in [0.717, 1.165) is 70.6 Å². The molecule has 0 heterocycles. The number of carboxylic acids is 1. The average Bonchev–Trinajstić information content (AvgIpc) is 3.11. The van der Waals surface area contributed by atoms with E-state index in [2.05, 4.69) is 50.3 Å². The Balaban J connectivity index is 4.36. The van der Waals surface area contributed by atoms with E-state index < -0.39 is 18.1 Å². The average molecular weight is 749 g/mol. The van der Waals surface area contributed by atoms with E-state index in [1.54, 1.807) is 0 Å².